The Labute approximate surface area is 104 Å². The number of benzene rings is 1. The van der Waals surface area contributed by atoms with E-state index in [0.29, 0.717) is 5.02 Å². The van der Waals surface area contributed by atoms with Gasteiger partial charge >= 0.3 is 0 Å². The molecule has 0 bridgehead atoms. The fraction of sp³-hybridized carbons (Fsp3) is 0.167. The summed E-state index contributed by atoms with van der Waals surface area (Å²) in [4.78, 5) is 0. The molecule has 0 amide bonds. The molecule has 2 rings (SSSR count). The summed E-state index contributed by atoms with van der Waals surface area (Å²) in [7, 11) is 1.82. The number of nitriles is 1. The Bertz CT molecular complexity index is 538. The molecule has 5 heteroatoms. The molecule has 0 spiro atoms. The monoisotopic (exact) mass is 246 g/mol. The van der Waals surface area contributed by atoms with Crippen molar-refractivity contribution in [2.45, 2.75) is 6.04 Å². The Balaban J connectivity index is 2.16. The summed E-state index contributed by atoms with van der Waals surface area (Å²) in [5.41, 5.74) is 1.69. The van der Waals surface area contributed by atoms with Gasteiger partial charge in [0.05, 0.1) is 12.3 Å². The molecule has 0 aliphatic carbocycles. The van der Waals surface area contributed by atoms with E-state index in [9.17, 15) is 0 Å². The zero-order valence-corrected chi connectivity index (χ0v) is 10.0. The quantitative estimate of drug-likeness (QED) is 0.906. The lowest BCUT2D eigenvalue weighted by atomic mass is 10.1. The molecule has 17 heavy (non-hydrogen) atoms. The van der Waals surface area contributed by atoms with Crippen molar-refractivity contribution in [1.29, 1.82) is 5.26 Å². The van der Waals surface area contributed by atoms with Crippen molar-refractivity contribution < 1.29 is 0 Å². The van der Waals surface area contributed by atoms with Gasteiger partial charge in [-0.2, -0.15) is 10.4 Å². The van der Waals surface area contributed by atoms with E-state index >= 15 is 0 Å². The van der Waals surface area contributed by atoms with Crippen LogP contribution in [-0.4, -0.2) is 9.78 Å². The van der Waals surface area contributed by atoms with Crippen LogP contribution in [0.1, 0.15) is 11.6 Å². The van der Waals surface area contributed by atoms with Gasteiger partial charge in [-0.05, 0) is 24.3 Å². The minimum atomic E-state index is -0.412. The largest absolute Gasteiger partial charge is 0.366 e. The second kappa shape index (κ2) is 4.89. The molecule has 1 aromatic carbocycles. The molecule has 1 heterocycles. The van der Waals surface area contributed by atoms with Crippen LogP contribution >= 0.6 is 11.6 Å². The Morgan fingerprint density at radius 3 is 2.65 bits per heavy atom. The highest BCUT2D eigenvalue weighted by atomic mass is 35.5. The van der Waals surface area contributed by atoms with Gasteiger partial charge in [0.25, 0.3) is 0 Å². The van der Waals surface area contributed by atoms with E-state index < -0.39 is 6.04 Å². The molecule has 1 unspecified atom stereocenters. The molecule has 1 atom stereocenters. The number of aryl methyl sites for hydroxylation is 1. The minimum absolute atomic E-state index is 0.412. The van der Waals surface area contributed by atoms with Crippen molar-refractivity contribution in [2.24, 2.45) is 7.05 Å². The lowest BCUT2D eigenvalue weighted by Gasteiger charge is -2.10. The average molecular weight is 247 g/mol. The molecule has 86 valence electrons. The fourth-order valence-corrected chi connectivity index (χ4v) is 1.62. The molecule has 1 aromatic heterocycles. The molecule has 0 aliphatic heterocycles. The molecule has 0 saturated carbocycles. The molecule has 2 aromatic rings. The number of halogens is 1. The van der Waals surface area contributed by atoms with E-state index in [4.69, 9.17) is 16.9 Å². The maximum atomic E-state index is 9.13. The van der Waals surface area contributed by atoms with Crippen molar-refractivity contribution in [1.82, 2.24) is 9.78 Å². The normalized spacial score (nSPS) is 11.8. The SMILES string of the molecule is Cn1cc(C(C#N)Nc2ccc(Cl)cc2)cn1. The highest BCUT2D eigenvalue weighted by Gasteiger charge is 2.11. The second-order valence-electron chi connectivity index (χ2n) is 3.66. The van der Waals surface area contributed by atoms with Crippen LogP contribution in [0.5, 0.6) is 0 Å². The van der Waals surface area contributed by atoms with Crippen molar-refractivity contribution in [3.63, 3.8) is 0 Å². The third-order valence-electron chi connectivity index (χ3n) is 2.34. The first-order valence-electron chi connectivity index (χ1n) is 5.09. The molecular formula is C12H11ClN4. The molecule has 0 fully saturated rings. The third kappa shape index (κ3) is 2.77. The Hall–Kier alpha value is -1.99. The minimum Gasteiger partial charge on any atom is -0.366 e. The molecule has 4 nitrogen and oxygen atoms in total. The number of nitrogens with zero attached hydrogens (tertiary/aromatic N) is 3. The summed E-state index contributed by atoms with van der Waals surface area (Å²) in [5.74, 6) is 0. The van der Waals surface area contributed by atoms with Gasteiger partial charge in [-0.3, -0.25) is 4.68 Å². The van der Waals surface area contributed by atoms with E-state index in [1.54, 1.807) is 23.0 Å². The first-order valence-corrected chi connectivity index (χ1v) is 5.47. The number of rotatable bonds is 3. The maximum absolute atomic E-state index is 9.13. The van der Waals surface area contributed by atoms with Gasteiger partial charge in [-0.25, -0.2) is 0 Å². The number of anilines is 1. The van der Waals surface area contributed by atoms with Gasteiger partial charge in [-0.1, -0.05) is 11.6 Å². The third-order valence-corrected chi connectivity index (χ3v) is 2.59. The zero-order chi connectivity index (χ0) is 12.3. The van der Waals surface area contributed by atoms with E-state index in [0.717, 1.165) is 11.3 Å². The van der Waals surface area contributed by atoms with Gasteiger partial charge in [0.15, 0.2) is 0 Å². The van der Waals surface area contributed by atoms with Crippen LogP contribution < -0.4 is 5.32 Å². The molecule has 0 aliphatic rings. The summed E-state index contributed by atoms with van der Waals surface area (Å²) < 4.78 is 1.67. The van der Waals surface area contributed by atoms with Crippen molar-refractivity contribution in [3.05, 3.63) is 47.2 Å². The van der Waals surface area contributed by atoms with E-state index in [1.165, 1.54) is 0 Å². The lowest BCUT2D eigenvalue weighted by molar-refractivity contribution is 0.766. The zero-order valence-electron chi connectivity index (χ0n) is 9.26. The molecule has 0 saturated heterocycles. The Morgan fingerprint density at radius 1 is 1.41 bits per heavy atom. The average Bonchev–Trinajstić information content (AvgIpc) is 2.75. The van der Waals surface area contributed by atoms with Crippen LogP contribution in [-0.2, 0) is 7.05 Å². The predicted octanol–water partition coefficient (Wildman–Crippen LogP) is 2.75. The van der Waals surface area contributed by atoms with Crippen LogP contribution in [0.4, 0.5) is 5.69 Å². The maximum Gasteiger partial charge on any atom is 0.143 e. The van der Waals surface area contributed by atoms with Crippen LogP contribution in [0.2, 0.25) is 5.02 Å². The van der Waals surface area contributed by atoms with Crippen LogP contribution in [0.15, 0.2) is 36.7 Å². The van der Waals surface area contributed by atoms with Gasteiger partial charge < -0.3 is 5.32 Å². The van der Waals surface area contributed by atoms with E-state index in [-0.39, 0.29) is 0 Å². The van der Waals surface area contributed by atoms with Crippen molar-refractivity contribution in [3.8, 4) is 6.07 Å². The second-order valence-corrected chi connectivity index (χ2v) is 4.10. The van der Waals surface area contributed by atoms with Crippen LogP contribution in [0.3, 0.4) is 0 Å². The van der Waals surface area contributed by atoms with Crippen molar-refractivity contribution in [2.75, 3.05) is 5.32 Å². The number of hydrogen-bond donors (Lipinski definition) is 1. The number of hydrogen-bond acceptors (Lipinski definition) is 3. The number of aromatic nitrogens is 2. The standard InChI is InChI=1S/C12H11ClN4/c1-17-8-9(7-15-17)12(6-14)16-11-4-2-10(13)3-5-11/h2-5,7-8,12,16H,1H3. The summed E-state index contributed by atoms with van der Waals surface area (Å²) >= 11 is 5.80. The van der Waals surface area contributed by atoms with Gasteiger partial charge in [0, 0.05) is 29.5 Å². The Kier molecular flexibility index (Phi) is 3.31. The van der Waals surface area contributed by atoms with E-state index in [1.807, 2.05) is 25.4 Å². The summed E-state index contributed by atoms with van der Waals surface area (Å²) in [6.07, 6.45) is 3.49. The predicted molar refractivity (Wildman–Crippen MR) is 66.6 cm³/mol. The van der Waals surface area contributed by atoms with Crippen LogP contribution in [0.25, 0.3) is 0 Å². The lowest BCUT2D eigenvalue weighted by Crippen LogP contribution is -2.07. The van der Waals surface area contributed by atoms with E-state index in [2.05, 4.69) is 16.5 Å². The van der Waals surface area contributed by atoms with Crippen LogP contribution in [0, 0.1) is 11.3 Å². The summed E-state index contributed by atoms with van der Waals surface area (Å²) in [6.45, 7) is 0. The number of nitrogens with one attached hydrogen (secondary N) is 1. The van der Waals surface area contributed by atoms with Gasteiger partial charge in [-0.15, -0.1) is 0 Å². The summed E-state index contributed by atoms with van der Waals surface area (Å²) in [6, 6.07) is 9.02. The Morgan fingerprint density at radius 2 is 2.12 bits per heavy atom. The van der Waals surface area contributed by atoms with Gasteiger partial charge in [0.2, 0.25) is 0 Å². The topological polar surface area (TPSA) is 53.6 Å². The smallest absolute Gasteiger partial charge is 0.143 e. The van der Waals surface area contributed by atoms with Crippen molar-refractivity contribution >= 4 is 17.3 Å². The highest BCUT2D eigenvalue weighted by molar-refractivity contribution is 6.30. The molecule has 0 radical (unpaired) electrons. The first kappa shape index (κ1) is 11.5. The fourth-order valence-electron chi connectivity index (χ4n) is 1.49. The first-order chi connectivity index (χ1) is 8.19. The highest BCUT2D eigenvalue weighted by Crippen LogP contribution is 2.20. The molecular weight excluding hydrogens is 236 g/mol. The summed E-state index contributed by atoms with van der Waals surface area (Å²) in [5, 5.41) is 17.0. The molecule has 1 N–H and O–H groups in total. The van der Waals surface area contributed by atoms with Gasteiger partial charge in [0.1, 0.15) is 6.04 Å².